The molecule has 3 heteroatoms. The number of carbonyl (C=O) groups is 1. The summed E-state index contributed by atoms with van der Waals surface area (Å²) in [5, 5.41) is 2.99. The predicted octanol–water partition coefficient (Wildman–Crippen LogP) is 2.06. The largest absolute Gasteiger partial charge is 0.355 e. The van der Waals surface area contributed by atoms with Crippen LogP contribution in [0.5, 0.6) is 0 Å². The lowest BCUT2D eigenvalue weighted by molar-refractivity contribution is -0.129. The highest BCUT2D eigenvalue weighted by Gasteiger charge is 2.51. The van der Waals surface area contributed by atoms with Crippen molar-refractivity contribution in [3.8, 4) is 0 Å². The quantitative estimate of drug-likeness (QED) is 0.802. The fraction of sp³-hybridized carbons (Fsp3) is 0.933. The highest BCUT2D eigenvalue weighted by molar-refractivity contribution is 5.76. The zero-order chi connectivity index (χ0) is 12.8. The molecule has 0 aliphatic heterocycles. The Morgan fingerprint density at radius 2 is 1.72 bits per heavy atom. The Morgan fingerprint density at radius 3 is 2.17 bits per heavy atom. The van der Waals surface area contributed by atoms with Crippen molar-refractivity contribution in [3.05, 3.63) is 0 Å². The van der Waals surface area contributed by atoms with Crippen LogP contribution in [-0.2, 0) is 4.79 Å². The molecule has 0 aromatic heterocycles. The van der Waals surface area contributed by atoms with Gasteiger partial charge in [-0.05, 0) is 68.6 Å². The SMILES string of the molecule is CC(N)CNC(=O)CC12CC3CC(CC(C3)C1)C2. The Morgan fingerprint density at radius 1 is 1.22 bits per heavy atom. The lowest BCUT2D eigenvalue weighted by Gasteiger charge is -2.56. The van der Waals surface area contributed by atoms with Gasteiger partial charge in [0.05, 0.1) is 0 Å². The van der Waals surface area contributed by atoms with Gasteiger partial charge in [0.1, 0.15) is 0 Å². The minimum absolute atomic E-state index is 0.0605. The van der Waals surface area contributed by atoms with Crippen molar-refractivity contribution in [2.24, 2.45) is 28.9 Å². The van der Waals surface area contributed by atoms with Crippen molar-refractivity contribution in [1.29, 1.82) is 0 Å². The Bertz CT molecular complexity index is 302. The van der Waals surface area contributed by atoms with Gasteiger partial charge < -0.3 is 11.1 Å². The van der Waals surface area contributed by atoms with Crippen molar-refractivity contribution < 1.29 is 4.79 Å². The number of hydrogen-bond acceptors (Lipinski definition) is 2. The summed E-state index contributed by atoms with van der Waals surface area (Å²) in [7, 11) is 0. The average Bonchev–Trinajstić information content (AvgIpc) is 2.23. The maximum atomic E-state index is 12.1. The van der Waals surface area contributed by atoms with Gasteiger partial charge in [-0.15, -0.1) is 0 Å². The molecule has 0 radical (unpaired) electrons. The van der Waals surface area contributed by atoms with Crippen molar-refractivity contribution in [3.63, 3.8) is 0 Å². The molecule has 1 atom stereocenters. The molecule has 0 heterocycles. The summed E-state index contributed by atoms with van der Waals surface area (Å²) < 4.78 is 0. The van der Waals surface area contributed by atoms with Crippen molar-refractivity contribution >= 4 is 5.91 Å². The lowest BCUT2D eigenvalue weighted by atomic mass is 9.49. The smallest absolute Gasteiger partial charge is 0.220 e. The standard InChI is InChI=1S/C15H26N2O/c1-10(16)9-17-14(18)8-15-5-11-2-12(6-15)4-13(3-11)7-15/h10-13H,2-9,16H2,1H3,(H,17,18). The Kier molecular flexibility index (Phi) is 3.13. The number of hydrogen-bond donors (Lipinski definition) is 2. The second-order valence-corrected chi connectivity index (χ2v) is 7.38. The molecule has 0 spiro atoms. The zero-order valence-electron chi connectivity index (χ0n) is 11.5. The van der Waals surface area contributed by atoms with Crippen LogP contribution in [0, 0.1) is 23.2 Å². The zero-order valence-corrected chi connectivity index (χ0v) is 11.5. The monoisotopic (exact) mass is 250 g/mol. The summed E-state index contributed by atoms with van der Waals surface area (Å²) in [6.07, 6.45) is 9.02. The first-order valence-corrected chi connectivity index (χ1v) is 7.57. The molecule has 3 N–H and O–H groups in total. The average molecular weight is 250 g/mol. The molecule has 4 bridgehead atoms. The van der Waals surface area contributed by atoms with Gasteiger partial charge in [0, 0.05) is 19.0 Å². The summed E-state index contributed by atoms with van der Waals surface area (Å²) in [4.78, 5) is 12.1. The first-order valence-electron chi connectivity index (χ1n) is 7.57. The highest BCUT2D eigenvalue weighted by atomic mass is 16.1. The van der Waals surface area contributed by atoms with E-state index in [1.807, 2.05) is 6.92 Å². The molecular formula is C15H26N2O. The summed E-state index contributed by atoms with van der Waals surface area (Å²) >= 11 is 0. The molecule has 0 aromatic rings. The molecule has 4 fully saturated rings. The Balaban J connectivity index is 1.60. The maximum Gasteiger partial charge on any atom is 0.220 e. The number of amides is 1. The Hall–Kier alpha value is -0.570. The summed E-state index contributed by atoms with van der Waals surface area (Å²) in [6, 6.07) is 0.0605. The molecule has 1 unspecified atom stereocenters. The maximum absolute atomic E-state index is 12.1. The Labute approximate surface area is 110 Å². The van der Waals surface area contributed by atoms with Crippen LogP contribution in [0.1, 0.15) is 51.9 Å². The van der Waals surface area contributed by atoms with Gasteiger partial charge in [0.2, 0.25) is 5.91 Å². The van der Waals surface area contributed by atoms with E-state index in [-0.39, 0.29) is 11.9 Å². The van der Waals surface area contributed by atoms with Crippen LogP contribution in [0.25, 0.3) is 0 Å². The molecule has 102 valence electrons. The van der Waals surface area contributed by atoms with Crippen LogP contribution < -0.4 is 11.1 Å². The fourth-order valence-corrected chi connectivity index (χ4v) is 5.18. The van der Waals surface area contributed by atoms with Crippen molar-refractivity contribution in [2.75, 3.05) is 6.54 Å². The van der Waals surface area contributed by atoms with E-state index in [1.165, 1.54) is 38.5 Å². The summed E-state index contributed by atoms with van der Waals surface area (Å²) in [5.41, 5.74) is 6.04. The lowest BCUT2D eigenvalue weighted by Crippen LogP contribution is -2.48. The van der Waals surface area contributed by atoms with Gasteiger partial charge >= 0.3 is 0 Å². The molecular weight excluding hydrogens is 224 g/mol. The minimum atomic E-state index is 0.0605. The van der Waals surface area contributed by atoms with E-state index < -0.39 is 0 Å². The number of rotatable bonds is 4. The third-order valence-corrected chi connectivity index (χ3v) is 5.32. The highest BCUT2D eigenvalue weighted by Crippen LogP contribution is 2.61. The van der Waals surface area contributed by atoms with E-state index in [0.29, 0.717) is 12.0 Å². The van der Waals surface area contributed by atoms with E-state index in [0.717, 1.165) is 24.2 Å². The topological polar surface area (TPSA) is 55.1 Å². The molecule has 4 aliphatic rings. The first-order chi connectivity index (χ1) is 8.55. The molecule has 4 saturated carbocycles. The second kappa shape index (κ2) is 4.52. The summed E-state index contributed by atoms with van der Waals surface area (Å²) in [5.74, 6) is 3.02. The van der Waals surface area contributed by atoms with Gasteiger partial charge in [-0.1, -0.05) is 0 Å². The van der Waals surface area contributed by atoms with Crippen LogP contribution >= 0.6 is 0 Å². The van der Waals surface area contributed by atoms with Crippen LogP contribution in [0.3, 0.4) is 0 Å². The normalized spacial score (nSPS) is 42.9. The minimum Gasteiger partial charge on any atom is -0.355 e. The first kappa shape index (κ1) is 12.5. The van der Waals surface area contributed by atoms with E-state index in [4.69, 9.17) is 5.73 Å². The van der Waals surface area contributed by atoms with E-state index in [1.54, 1.807) is 0 Å². The molecule has 4 aliphatic carbocycles. The van der Waals surface area contributed by atoms with Crippen LogP contribution in [-0.4, -0.2) is 18.5 Å². The van der Waals surface area contributed by atoms with Crippen LogP contribution in [0.15, 0.2) is 0 Å². The van der Waals surface area contributed by atoms with Gasteiger partial charge in [-0.25, -0.2) is 0 Å². The van der Waals surface area contributed by atoms with E-state index >= 15 is 0 Å². The van der Waals surface area contributed by atoms with Crippen LogP contribution in [0.2, 0.25) is 0 Å². The number of carbonyl (C=O) groups excluding carboxylic acids is 1. The van der Waals surface area contributed by atoms with Gasteiger partial charge in [0.15, 0.2) is 0 Å². The molecule has 0 aromatic carbocycles. The molecule has 1 amide bonds. The van der Waals surface area contributed by atoms with E-state index in [9.17, 15) is 4.79 Å². The fourth-order valence-electron chi connectivity index (χ4n) is 5.18. The van der Waals surface area contributed by atoms with Crippen molar-refractivity contribution in [1.82, 2.24) is 5.32 Å². The second-order valence-electron chi connectivity index (χ2n) is 7.38. The van der Waals surface area contributed by atoms with Gasteiger partial charge in [-0.2, -0.15) is 0 Å². The third-order valence-electron chi connectivity index (χ3n) is 5.32. The van der Waals surface area contributed by atoms with Crippen LogP contribution in [0.4, 0.5) is 0 Å². The van der Waals surface area contributed by atoms with Gasteiger partial charge in [-0.3, -0.25) is 4.79 Å². The molecule has 3 nitrogen and oxygen atoms in total. The molecule has 4 rings (SSSR count). The number of nitrogens with two attached hydrogens (primary N) is 1. The van der Waals surface area contributed by atoms with Crippen molar-refractivity contribution in [2.45, 2.75) is 57.9 Å². The summed E-state index contributed by atoms with van der Waals surface area (Å²) in [6.45, 7) is 2.55. The van der Waals surface area contributed by atoms with E-state index in [2.05, 4.69) is 5.32 Å². The molecule has 18 heavy (non-hydrogen) atoms. The predicted molar refractivity (Wildman–Crippen MR) is 71.9 cm³/mol. The number of nitrogens with one attached hydrogen (secondary N) is 1. The molecule has 0 saturated heterocycles. The van der Waals surface area contributed by atoms with Gasteiger partial charge in [0.25, 0.3) is 0 Å². The third kappa shape index (κ3) is 2.42.